The molecule has 1 N–H and O–H groups in total. The Bertz CT molecular complexity index is 756. The lowest BCUT2D eigenvalue weighted by molar-refractivity contribution is -0.148. The van der Waals surface area contributed by atoms with Crippen molar-refractivity contribution in [3.63, 3.8) is 0 Å². The molecule has 0 saturated heterocycles. The monoisotopic (exact) mass is 426 g/mol. The predicted octanol–water partition coefficient (Wildman–Crippen LogP) is 6.02. The topological polar surface area (TPSA) is 71.4 Å². The zero-order valence-corrected chi connectivity index (χ0v) is 19.0. The van der Waals surface area contributed by atoms with E-state index in [4.69, 9.17) is 0 Å². The molecule has 0 aromatic heterocycles. The summed E-state index contributed by atoms with van der Waals surface area (Å²) in [6.07, 6.45) is 11.3. The van der Waals surface area contributed by atoms with Crippen LogP contribution in [-0.4, -0.2) is 22.6 Å². The van der Waals surface area contributed by atoms with Gasteiger partial charge in [0.25, 0.3) is 0 Å². The Balaban J connectivity index is 1.62. The minimum absolute atomic E-state index is 0.0139. The summed E-state index contributed by atoms with van der Waals surface area (Å²) < 4.78 is 0. The van der Waals surface area contributed by atoms with Crippen molar-refractivity contribution >= 4 is 17.5 Å². The molecule has 3 rings (SSSR count). The average molecular weight is 427 g/mol. The second-order valence-corrected chi connectivity index (χ2v) is 9.85. The number of hydrogen-bond acceptors (Lipinski definition) is 3. The van der Waals surface area contributed by atoms with Crippen molar-refractivity contribution in [3.05, 3.63) is 35.9 Å². The largest absolute Gasteiger partial charge is 0.481 e. The van der Waals surface area contributed by atoms with Crippen molar-refractivity contribution in [3.8, 4) is 0 Å². The van der Waals surface area contributed by atoms with Crippen LogP contribution >= 0.6 is 0 Å². The fourth-order valence-corrected chi connectivity index (χ4v) is 5.93. The SMILES string of the molecule is CCCCCCCC(=O)C1CCCC2(CCC(C(Cc3ccccc3)C(=O)O)C2=O)C1. The number of unbranched alkanes of at least 4 members (excludes halogenated alkanes) is 4. The molecule has 1 spiro atoms. The number of rotatable bonds is 11. The number of hydrogen-bond donors (Lipinski definition) is 1. The molecule has 0 aliphatic heterocycles. The van der Waals surface area contributed by atoms with E-state index in [1.54, 1.807) is 0 Å². The number of ketones is 2. The Kier molecular flexibility index (Phi) is 8.45. The fourth-order valence-electron chi connectivity index (χ4n) is 5.93. The van der Waals surface area contributed by atoms with Crippen molar-refractivity contribution in [2.45, 2.75) is 90.4 Å². The van der Waals surface area contributed by atoms with Crippen LogP contribution < -0.4 is 0 Å². The quantitative estimate of drug-likeness (QED) is 0.440. The van der Waals surface area contributed by atoms with E-state index in [2.05, 4.69) is 6.92 Å². The molecule has 170 valence electrons. The summed E-state index contributed by atoms with van der Waals surface area (Å²) in [5.74, 6) is -1.55. The summed E-state index contributed by atoms with van der Waals surface area (Å²) in [5.41, 5.74) is 0.499. The minimum Gasteiger partial charge on any atom is -0.481 e. The lowest BCUT2D eigenvalue weighted by Crippen LogP contribution is -2.39. The van der Waals surface area contributed by atoms with Crippen molar-refractivity contribution < 1.29 is 19.5 Å². The number of Topliss-reactive ketones (excluding diaryl/α,β-unsaturated/α-hetero) is 2. The van der Waals surface area contributed by atoms with E-state index in [1.807, 2.05) is 30.3 Å². The third kappa shape index (κ3) is 5.84. The van der Waals surface area contributed by atoms with Crippen LogP contribution in [0, 0.1) is 23.2 Å². The van der Waals surface area contributed by atoms with E-state index in [1.165, 1.54) is 19.3 Å². The zero-order chi connectivity index (χ0) is 22.3. The van der Waals surface area contributed by atoms with Gasteiger partial charge in [-0.05, 0) is 50.5 Å². The molecule has 0 bridgehead atoms. The summed E-state index contributed by atoms with van der Waals surface area (Å²) >= 11 is 0. The second kappa shape index (κ2) is 11.1. The van der Waals surface area contributed by atoms with E-state index in [-0.39, 0.29) is 11.7 Å². The van der Waals surface area contributed by atoms with Gasteiger partial charge in [-0.3, -0.25) is 14.4 Å². The zero-order valence-electron chi connectivity index (χ0n) is 19.0. The van der Waals surface area contributed by atoms with Gasteiger partial charge in [0, 0.05) is 23.7 Å². The maximum Gasteiger partial charge on any atom is 0.307 e. The highest BCUT2D eigenvalue weighted by Gasteiger charge is 2.53. The van der Waals surface area contributed by atoms with Crippen LogP contribution in [0.5, 0.6) is 0 Å². The fraction of sp³-hybridized carbons (Fsp3) is 0.667. The first kappa shape index (κ1) is 23.7. The Hall–Kier alpha value is -1.97. The Morgan fingerprint density at radius 1 is 1.06 bits per heavy atom. The smallest absolute Gasteiger partial charge is 0.307 e. The molecule has 0 heterocycles. The first-order valence-electron chi connectivity index (χ1n) is 12.3. The maximum absolute atomic E-state index is 13.5. The summed E-state index contributed by atoms with van der Waals surface area (Å²) in [4.78, 5) is 38.4. The number of carboxylic acids is 1. The van der Waals surface area contributed by atoms with E-state index in [9.17, 15) is 19.5 Å². The van der Waals surface area contributed by atoms with E-state index in [0.717, 1.165) is 44.1 Å². The van der Waals surface area contributed by atoms with Crippen molar-refractivity contribution in [2.75, 3.05) is 0 Å². The van der Waals surface area contributed by atoms with Crippen molar-refractivity contribution in [1.29, 1.82) is 0 Å². The molecule has 1 aromatic carbocycles. The van der Waals surface area contributed by atoms with Gasteiger partial charge in [0.05, 0.1) is 5.92 Å². The van der Waals surface area contributed by atoms with Crippen LogP contribution in [0.1, 0.15) is 89.5 Å². The molecule has 2 saturated carbocycles. The first-order chi connectivity index (χ1) is 15.0. The van der Waals surface area contributed by atoms with E-state index < -0.39 is 23.2 Å². The molecule has 31 heavy (non-hydrogen) atoms. The van der Waals surface area contributed by atoms with Gasteiger partial charge in [-0.25, -0.2) is 0 Å². The molecule has 0 radical (unpaired) electrons. The van der Waals surface area contributed by atoms with Crippen LogP contribution in [0.2, 0.25) is 0 Å². The summed E-state index contributed by atoms with van der Waals surface area (Å²) in [7, 11) is 0. The molecule has 4 nitrogen and oxygen atoms in total. The third-order valence-corrected chi connectivity index (χ3v) is 7.72. The highest BCUT2D eigenvalue weighted by atomic mass is 16.4. The number of carbonyl (C=O) groups is 3. The van der Waals surface area contributed by atoms with Crippen molar-refractivity contribution in [1.82, 2.24) is 0 Å². The highest BCUT2D eigenvalue weighted by molar-refractivity contribution is 5.93. The lowest BCUT2D eigenvalue weighted by Gasteiger charge is -2.37. The van der Waals surface area contributed by atoms with Crippen molar-refractivity contribution in [2.24, 2.45) is 23.2 Å². The standard InChI is InChI=1S/C27H38O4/c1-2-3-4-5-9-14-24(28)21-13-10-16-27(19-21)17-15-22(25(27)29)23(26(30)31)18-20-11-7-6-8-12-20/h6-8,11-12,21-23H,2-5,9-10,13-19H2,1H3,(H,30,31). The lowest BCUT2D eigenvalue weighted by atomic mass is 9.65. The van der Waals surface area contributed by atoms with Crippen LogP contribution in [0.4, 0.5) is 0 Å². The number of benzene rings is 1. The molecule has 2 aliphatic carbocycles. The molecular formula is C27H38O4. The van der Waals surface area contributed by atoms with Gasteiger partial charge >= 0.3 is 5.97 Å². The summed E-state index contributed by atoms with van der Waals surface area (Å²) in [6.45, 7) is 2.19. The van der Waals surface area contributed by atoms with Gasteiger partial charge in [-0.2, -0.15) is 0 Å². The first-order valence-corrected chi connectivity index (χ1v) is 12.3. The maximum atomic E-state index is 13.5. The Labute approximate surface area is 186 Å². The van der Waals surface area contributed by atoms with Gasteiger partial charge in [-0.1, -0.05) is 69.4 Å². The number of carbonyl (C=O) groups excluding carboxylic acids is 2. The van der Waals surface area contributed by atoms with Crippen LogP contribution in [0.25, 0.3) is 0 Å². The normalized spacial score (nSPS) is 26.8. The molecule has 1 aromatic rings. The molecule has 4 heteroatoms. The van der Waals surface area contributed by atoms with Gasteiger partial charge in [-0.15, -0.1) is 0 Å². The Morgan fingerprint density at radius 3 is 2.52 bits per heavy atom. The van der Waals surface area contributed by atoms with Crippen LogP contribution in [0.15, 0.2) is 30.3 Å². The molecule has 2 fully saturated rings. The minimum atomic E-state index is -0.880. The number of aliphatic carboxylic acids is 1. The van der Waals surface area contributed by atoms with Crippen LogP contribution in [-0.2, 0) is 20.8 Å². The third-order valence-electron chi connectivity index (χ3n) is 7.72. The van der Waals surface area contributed by atoms with Gasteiger partial charge in [0.2, 0.25) is 0 Å². The molecular weight excluding hydrogens is 388 g/mol. The van der Waals surface area contributed by atoms with E-state index >= 15 is 0 Å². The van der Waals surface area contributed by atoms with Gasteiger partial charge in [0.15, 0.2) is 0 Å². The molecule has 4 atom stereocenters. The van der Waals surface area contributed by atoms with E-state index in [0.29, 0.717) is 31.5 Å². The van der Waals surface area contributed by atoms with Gasteiger partial charge < -0.3 is 5.11 Å². The van der Waals surface area contributed by atoms with Gasteiger partial charge in [0.1, 0.15) is 11.6 Å². The predicted molar refractivity (Wildman–Crippen MR) is 122 cm³/mol. The Morgan fingerprint density at radius 2 is 1.81 bits per heavy atom. The summed E-state index contributed by atoms with van der Waals surface area (Å²) in [5, 5.41) is 9.89. The molecule has 0 amide bonds. The highest BCUT2D eigenvalue weighted by Crippen LogP contribution is 2.52. The number of carboxylic acid groups (broad SMARTS) is 1. The van der Waals surface area contributed by atoms with Crippen LogP contribution in [0.3, 0.4) is 0 Å². The molecule has 4 unspecified atom stereocenters. The second-order valence-electron chi connectivity index (χ2n) is 9.85. The summed E-state index contributed by atoms with van der Waals surface area (Å²) in [6, 6.07) is 9.59. The average Bonchev–Trinajstić information content (AvgIpc) is 3.07. The molecule has 2 aliphatic rings.